The number of ether oxygens (including phenoxy) is 1. The number of anilines is 3. The molecule has 1 aliphatic rings. The molecule has 1 aliphatic heterocycles. The number of aromatic nitrogens is 3. The fourth-order valence-electron chi connectivity index (χ4n) is 3.78. The van der Waals surface area contributed by atoms with Gasteiger partial charge in [0, 0.05) is 37.6 Å². The minimum atomic E-state index is 0.558. The Morgan fingerprint density at radius 2 is 1.72 bits per heavy atom. The lowest BCUT2D eigenvalue weighted by molar-refractivity contribution is 0.313. The Hall–Kier alpha value is -3.23. The lowest BCUT2D eigenvalue weighted by Crippen LogP contribution is -2.44. The summed E-state index contributed by atoms with van der Waals surface area (Å²) in [7, 11) is 3.86. The van der Waals surface area contributed by atoms with E-state index in [1.165, 1.54) is 5.69 Å². The topological polar surface area (TPSA) is 57.9 Å². The minimum Gasteiger partial charge on any atom is -0.496 e. The number of fused-ring (bicyclic) bond motifs is 1. The highest BCUT2D eigenvalue weighted by molar-refractivity contribution is 7.99. The molecule has 0 unspecified atom stereocenters. The third-order valence-electron chi connectivity index (χ3n) is 5.64. The largest absolute Gasteiger partial charge is 0.496 e. The first kappa shape index (κ1) is 20.7. The summed E-state index contributed by atoms with van der Waals surface area (Å²) in [5, 5.41) is 9.05. The molecule has 0 radical (unpaired) electrons. The number of rotatable bonds is 6. The minimum absolute atomic E-state index is 0.558. The summed E-state index contributed by atoms with van der Waals surface area (Å²) in [6, 6.07) is 20.5. The number of methoxy groups -OCH3 is 1. The van der Waals surface area contributed by atoms with Crippen LogP contribution < -0.4 is 15.0 Å². The van der Waals surface area contributed by atoms with Crippen LogP contribution in [0.25, 0.3) is 5.52 Å². The number of nitrogens with one attached hydrogen (secondary N) is 1. The molecule has 5 rings (SSSR count). The number of hydrogen-bond donors (Lipinski definition) is 1. The molecule has 0 spiro atoms. The van der Waals surface area contributed by atoms with Gasteiger partial charge >= 0.3 is 0 Å². The van der Waals surface area contributed by atoms with E-state index in [-0.39, 0.29) is 0 Å². The Bertz CT molecular complexity index is 1200. The first-order valence-electron chi connectivity index (χ1n) is 10.7. The summed E-state index contributed by atoms with van der Waals surface area (Å²) in [5.41, 5.74) is 3.16. The second-order valence-corrected chi connectivity index (χ2v) is 8.87. The normalized spacial score (nSPS) is 14.6. The van der Waals surface area contributed by atoms with Crippen molar-refractivity contribution in [3.8, 4) is 5.75 Å². The van der Waals surface area contributed by atoms with Crippen LogP contribution in [0.15, 0.2) is 76.8 Å². The molecule has 3 heterocycles. The molecule has 0 aliphatic carbocycles. The zero-order valence-electron chi connectivity index (χ0n) is 18.2. The number of piperazine rings is 1. The predicted molar refractivity (Wildman–Crippen MR) is 130 cm³/mol. The van der Waals surface area contributed by atoms with Gasteiger partial charge in [0.2, 0.25) is 5.95 Å². The van der Waals surface area contributed by atoms with Crippen LogP contribution >= 0.6 is 11.8 Å². The second-order valence-electron chi connectivity index (χ2n) is 7.81. The van der Waals surface area contributed by atoms with E-state index >= 15 is 0 Å². The zero-order chi connectivity index (χ0) is 21.9. The number of nitrogens with zero attached hydrogens (tertiary/aromatic N) is 5. The van der Waals surface area contributed by atoms with Crippen molar-refractivity contribution in [2.75, 3.05) is 50.6 Å². The molecule has 7 nitrogen and oxygen atoms in total. The number of benzene rings is 2. The first-order valence-corrected chi connectivity index (χ1v) is 11.5. The predicted octanol–water partition coefficient (Wildman–Crippen LogP) is 4.38. The SMILES string of the molecule is COc1ccccc1Sc1ccc2cnc(Nc3ccc(N4CCN(C)CC4)cc3)nn12. The maximum atomic E-state index is 5.49. The summed E-state index contributed by atoms with van der Waals surface area (Å²) in [6.07, 6.45) is 1.83. The maximum Gasteiger partial charge on any atom is 0.245 e. The van der Waals surface area contributed by atoms with Gasteiger partial charge in [0.05, 0.1) is 23.7 Å². The standard InChI is InChI=1S/C24H26N6OS/c1-28-13-15-29(16-14-28)19-9-7-18(8-10-19)26-24-25-17-20-11-12-23(30(20)27-24)32-22-6-4-3-5-21(22)31-2/h3-12,17H,13-16H2,1-2H3,(H,26,27). The van der Waals surface area contributed by atoms with E-state index in [4.69, 9.17) is 9.84 Å². The van der Waals surface area contributed by atoms with Crippen molar-refractivity contribution < 1.29 is 4.74 Å². The molecule has 4 aromatic rings. The van der Waals surface area contributed by atoms with Crippen LogP contribution in [-0.4, -0.2) is 59.8 Å². The fourth-order valence-corrected chi connectivity index (χ4v) is 4.77. The molecule has 1 N–H and O–H groups in total. The van der Waals surface area contributed by atoms with Crippen molar-refractivity contribution in [1.29, 1.82) is 0 Å². The highest BCUT2D eigenvalue weighted by atomic mass is 32.2. The van der Waals surface area contributed by atoms with Gasteiger partial charge in [-0.1, -0.05) is 23.9 Å². The summed E-state index contributed by atoms with van der Waals surface area (Å²) in [6.45, 7) is 4.31. The molecule has 164 valence electrons. The number of para-hydroxylation sites is 1. The van der Waals surface area contributed by atoms with Crippen LogP contribution in [0.1, 0.15) is 0 Å². The first-order chi connectivity index (χ1) is 15.7. The molecular formula is C24H26N6OS. The monoisotopic (exact) mass is 446 g/mol. The average molecular weight is 447 g/mol. The van der Waals surface area contributed by atoms with Crippen molar-refractivity contribution in [2.45, 2.75) is 9.92 Å². The quantitative estimate of drug-likeness (QED) is 0.472. The second kappa shape index (κ2) is 9.10. The van der Waals surface area contributed by atoms with Gasteiger partial charge in [0.15, 0.2) is 0 Å². The lowest BCUT2D eigenvalue weighted by Gasteiger charge is -2.34. The summed E-state index contributed by atoms with van der Waals surface area (Å²) in [5.74, 6) is 1.41. The molecule has 0 amide bonds. The molecular weight excluding hydrogens is 420 g/mol. The number of likely N-dealkylation sites (N-methyl/N-ethyl adjacent to an activating group) is 1. The maximum absolute atomic E-state index is 5.49. The van der Waals surface area contributed by atoms with E-state index in [0.717, 1.165) is 53.1 Å². The molecule has 8 heteroatoms. The van der Waals surface area contributed by atoms with Gasteiger partial charge < -0.3 is 19.9 Å². The lowest BCUT2D eigenvalue weighted by atomic mass is 10.2. The smallest absolute Gasteiger partial charge is 0.245 e. The van der Waals surface area contributed by atoms with Crippen LogP contribution in [-0.2, 0) is 0 Å². The third-order valence-corrected chi connectivity index (χ3v) is 6.71. The highest BCUT2D eigenvalue weighted by Crippen LogP contribution is 2.35. The van der Waals surface area contributed by atoms with Gasteiger partial charge in [-0.15, -0.1) is 5.10 Å². The van der Waals surface area contributed by atoms with Crippen LogP contribution in [0.2, 0.25) is 0 Å². The Morgan fingerprint density at radius 1 is 0.938 bits per heavy atom. The summed E-state index contributed by atoms with van der Waals surface area (Å²) < 4.78 is 7.39. The van der Waals surface area contributed by atoms with Crippen molar-refractivity contribution in [3.63, 3.8) is 0 Å². The molecule has 1 saturated heterocycles. The van der Waals surface area contributed by atoms with Gasteiger partial charge in [0.1, 0.15) is 10.8 Å². The molecule has 32 heavy (non-hydrogen) atoms. The summed E-state index contributed by atoms with van der Waals surface area (Å²) >= 11 is 1.62. The van der Waals surface area contributed by atoms with Crippen molar-refractivity contribution in [3.05, 3.63) is 66.9 Å². The fraction of sp³-hybridized carbons (Fsp3) is 0.250. The van der Waals surface area contributed by atoms with Crippen LogP contribution in [0.4, 0.5) is 17.3 Å². The zero-order valence-corrected chi connectivity index (χ0v) is 19.0. The van der Waals surface area contributed by atoms with E-state index in [0.29, 0.717) is 5.95 Å². The molecule has 2 aromatic heterocycles. The van der Waals surface area contributed by atoms with E-state index in [9.17, 15) is 0 Å². The molecule has 1 fully saturated rings. The van der Waals surface area contributed by atoms with Gasteiger partial charge in [-0.3, -0.25) is 0 Å². The molecule has 2 aromatic carbocycles. The van der Waals surface area contributed by atoms with E-state index in [1.807, 2.05) is 41.0 Å². The molecule has 0 saturated carbocycles. The van der Waals surface area contributed by atoms with Crippen LogP contribution in [0.3, 0.4) is 0 Å². The Balaban J connectivity index is 1.33. The van der Waals surface area contributed by atoms with Gasteiger partial charge in [-0.05, 0) is 55.6 Å². The van der Waals surface area contributed by atoms with Crippen molar-refractivity contribution >= 4 is 34.6 Å². The van der Waals surface area contributed by atoms with E-state index in [1.54, 1.807) is 18.9 Å². The Kier molecular flexibility index (Phi) is 5.87. The van der Waals surface area contributed by atoms with Crippen LogP contribution in [0.5, 0.6) is 5.75 Å². The average Bonchev–Trinajstić information content (AvgIpc) is 3.22. The van der Waals surface area contributed by atoms with Gasteiger partial charge in [-0.25, -0.2) is 9.50 Å². The van der Waals surface area contributed by atoms with Gasteiger partial charge in [0.25, 0.3) is 0 Å². The van der Waals surface area contributed by atoms with E-state index in [2.05, 4.69) is 57.5 Å². The highest BCUT2D eigenvalue weighted by Gasteiger charge is 2.14. The third kappa shape index (κ3) is 4.37. The Morgan fingerprint density at radius 3 is 2.50 bits per heavy atom. The molecule has 0 atom stereocenters. The number of hydrogen-bond acceptors (Lipinski definition) is 7. The van der Waals surface area contributed by atoms with Crippen molar-refractivity contribution in [2.24, 2.45) is 0 Å². The van der Waals surface area contributed by atoms with Crippen LogP contribution in [0, 0.1) is 0 Å². The van der Waals surface area contributed by atoms with E-state index < -0.39 is 0 Å². The summed E-state index contributed by atoms with van der Waals surface area (Å²) in [4.78, 5) is 10.3. The van der Waals surface area contributed by atoms with Gasteiger partial charge in [-0.2, -0.15) is 0 Å². The molecule has 0 bridgehead atoms. The Labute approximate surface area is 192 Å². The van der Waals surface area contributed by atoms with Crippen molar-refractivity contribution in [1.82, 2.24) is 19.5 Å².